The van der Waals surface area contributed by atoms with Crippen LogP contribution in [0.1, 0.15) is 44.0 Å². The normalized spacial score (nSPS) is 14.4. The van der Waals surface area contributed by atoms with Crippen molar-refractivity contribution in [2.24, 2.45) is 0 Å². The fourth-order valence-electron chi connectivity index (χ4n) is 2.62. The quantitative estimate of drug-likeness (QED) is 0.334. The number of halogens is 6. The number of aliphatic hydroxyl groups excluding tert-OH is 1. The van der Waals surface area contributed by atoms with Crippen LogP contribution in [-0.4, -0.2) is 71.4 Å². The molecule has 0 aliphatic rings. The van der Waals surface area contributed by atoms with Gasteiger partial charge in [0, 0.05) is 18.9 Å². The lowest BCUT2D eigenvalue weighted by atomic mass is 10.0. The molecule has 34 heavy (non-hydrogen) atoms. The third-order valence-corrected chi connectivity index (χ3v) is 4.09. The number of aromatic nitrogens is 1. The van der Waals surface area contributed by atoms with E-state index in [1.165, 1.54) is 24.5 Å². The molecule has 0 saturated heterocycles. The number of carbonyl (C=O) groups is 2. The van der Waals surface area contributed by atoms with Crippen LogP contribution in [0.3, 0.4) is 0 Å². The Kier molecular flexibility index (Phi) is 10.6. The van der Waals surface area contributed by atoms with Crippen molar-refractivity contribution in [3.05, 3.63) is 30.1 Å². The molecule has 1 heterocycles. The highest BCUT2D eigenvalue weighted by Gasteiger charge is 2.58. The molecular weight excluding hydrogens is 476 g/mol. The third kappa shape index (κ3) is 11.0. The van der Waals surface area contributed by atoms with Crippen LogP contribution < -0.4 is 10.6 Å². The van der Waals surface area contributed by atoms with Crippen LogP contribution in [-0.2, 0) is 9.47 Å². The molecule has 2 unspecified atom stereocenters. The minimum absolute atomic E-state index is 0.00448. The van der Waals surface area contributed by atoms with E-state index in [1.54, 1.807) is 20.8 Å². The van der Waals surface area contributed by atoms with Crippen molar-refractivity contribution in [2.75, 3.05) is 13.2 Å². The Labute approximate surface area is 192 Å². The van der Waals surface area contributed by atoms with Crippen molar-refractivity contribution >= 4 is 12.0 Å². The van der Waals surface area contributed by atoms with Crippen LogP contribution in [0, 0.1) is 0 Å². The van der Waals surface area contributed by atoms with Crippen LogP contribution in [0.4, 0.5) is 31.1 Å². The highest BCUT2D eigenvalue weighted by molar-refractivity contribution is 5.94. The number of nitrogens with zero attached hydrogens (tertiary/aromatic N) is 1. The third-order valence-electron chi connectivity index (χ3n) is 4.09. The van der Waals surface area contributed by atoms with Gasteiger partial charge >= 0.3 is 18.4 Å². The number of ether oxygens (including phenoxy) is 2. The highest BCUT2D eigenvalue weighted by atomic mass is 19.4. The van der Waals surface area contributed by atoms with Gasteiger partial charge in [0.1, 0.15) is 5.60 Å². The zero-order chi connectivity index (χ0) is 26.2. The van der Waals surface area contributed by atoms with E-state index in [0.717, 1.165) is 0 Å². The predicted octanol–water partition coefficient (Wildman–Crippen LogP) is 3.36. The van der Waals surface area contributed by atoms with Gasteiger partial charge in [0.25, 0.3) is 5.91 Å². The summed E-state index contributed by atoms with van der Waals surface area (Å²) in [5, 5.41) is 15.0. The van der Waals surface area contributed by atoms with Crippen LogP contribution in [0.2, 0.25) is 0 Å². The van der Waals surface area contributed by atoms with Crippen molar-refractivity contribution in [1.82, 2.24) is 15.6 Å². The van der Waals surface area contributed by atoms with Crippen molar-refractivity contribution in [2.45, 2.75) is 69.8 Å². The molecule has 0 radical (unpaired) electrons. The van der Waals surface area contributed by atoms with Gasteiger partial charge in [-0.1, -0.05) is 0 Å². The number of pyridine rings is 1. The molecule has 0 aromatic carbocycles. The van der Waals surface area contributed by atoms with Gasteiger partial charge in [-0.05, 0) is 45.7 Å². The van der Waals surface area contributed by atoms with E-state index >= 15 is 0 Å². The largest absolute Gasteiger partial charge is 0.444 e. The molecule has 194 valence electrons. The number of rotatable bonds is 10. The molecule has 2 amide bonds. The standard InChI is InChI=1S/C20H27F6N3O5/c1-18(2,3)34-17(32)28-9-5-7-13(29-15(31)12-6-4-8-27-10-12)14(30)11-33-16(19(21,22)23)20(24,25)26/h4,6,8,10,13-14,16,30H,5,7,9,11H2,1-3H3,(H,28,32)(H,29,31). The molecule has 1 aromatic rings. The first-order valence-corrected chi connectivity index (χ1v) is 10.1. The molecule has 1 rings (SSSR count). The van der Waals surface area contributed by atoms with E-state index in [0.29, 0.717) is 0 Å². The smallest absolute Gasteiger partial charge is 0.423 e. The number of alkyl carbamates (subject to hydrolysis) is 1. The maximum atomic E-state index is 12.7. The van der Waals surface area contributed by atoms with E-state index < -0.39 is 54.8 Å². The molecule has 14 heteroatoms. The highest BCUT2D eigenvalue weighted by Crippen LogP contribution is 2.35. The lowest BCUT2D eigenvalue weighted by Gasteiger charge is -2.28. The van der Waals surface area contributed by atoms with Crippen LogP contribution >= 0.6 is 0 Å². The lowest BCUT2D eigenvalue weighted by Crippen LogP contribution is -2.49. The van der Waals surface area contributed by atoms with Gasteiger partial charge in [0.15, 0.2) is 0 Å². The van der Waals surface area contributed by atoms with Gasteiger partial charge in [0.05, 0.1) is 24.3 Å². The molecule has 1 aromatic heterocycles. The van der Waals surface area contributed by atoms with Crippen LogP contribution in [0.15, 0.2) is 24.5 Å². The van der Waals surface area contributed by atoms with Gasteiger partial charge in [-0.25, -0.2) is 4.79 Å². The zero-order valence-electron chi connectivity index (χ0n) is 18.7. The number of amides is 2. The molecule has 8 nitrogen and oxygen atoms in total. The topological polar surface area (TPSA) is 110 Å². The van der Waals surface area contributed by atoms with Gasteiger partial charge in [0.2, 0.25) is 6.10 Å². The molecule has 0 bridgehead atoms. The number of aliphatic hydroxyl groups is 1. The molecular formula is C20H27F6N3O5. The summed E-state index contributed by atoms with van der Waals surface area (Å²) in [5.41, 5.74) is -0.707. The Morgan fingerprint density at radius 3 is 2.24 bits per heavy atom. The molecule has 3 N–H and O–H groups in total. The number of hydrogen-bond acceptors (Lipinski definition) is 6. The predicted molar refractivity (Wildman–Crippen MR) is 107 cm³/mol. The van der Waals surface area contributed by atoms with Gasteiger partial charge in [-0.3, -0.25) is 9.78 Å². The molecule has 0 aliphatic carbocycles. The first-order chi connectivity index (χ1) is 15.5. The number of carbonyl (C=O) groups excluding carboxylic acids is 2. The van der Waals surface area contributed by atoms with Gasteiger partial charge in [-0.2, -0.15) is 26.3 Å². The second-order valence-electron chi connectivity index (χ2n) is 8.26. The van der Waals surface area contributed by atoms with Gasteiger partial charge < -0.3 is 25.2 Å². The second-order valence-corrected chi connectivity index (χ2v) is 8.26. The molecule has 0 saturated carbocycles. The number of hydrogen-bond donors (Lipinski definition) is 3. The average molecular weight is 503 g/mol. The summed E-state index contributed by atoms with van der Waals surface area (Å²) in [6, 6.07) is 1.51. The minimum atomic E-state index is -5.75. The van der Waals surface area contributed by atoms with E-state index in [9.17, 15) is 41.0 Å². The first kappa shape index (κ1) is 29.4. The molecule has 0 fully saturated rings. The fourth-order valence-corrected chi connectivity index (χ4v) is 2.62. The summed E-state index contributed by atoms with van der Waals surface area (Å²) < 4.78 is 85.1. The van der Waals surface area contributed by atoms with Gasteiger partial charge in [-0.15, -0.1) is 0 Å². The fraction of sp³-hybridized carbons (Fsp3) is 0.650. The zero-order valence-corrected chi connectivity index (χ0v) is 18.7. The summed E-state index contributed by atoms with van der Waals surface area (Å²) in [6.45, 7) is 3.56. The Morgan fingerprint density at radius 1 is 1.12 bits per heavy atom. The minimum Gasteiger partial charge on any atom is -0.444 e. The second kappa shape index (κ2) is 12.2. The summed E-state index contributed by atoms with van der Waals surface area (Å²) >= 11 is 0. The Balaban J connectivity index is 2.81. The maximum absolute atomic E-state index is 12.7. The summed E-state index contributed by atoms with van der Waals surface area (Å²) in [5.74, 6) is -0.763. The average Bonchev–Trinajstić information content (AvgIpc) is 2.67. The van der Waals surface area contributed by atoms with Crippen LogP contribution in [0.25, 0.3) is 0 Å². The monoisotopic (exact) mass is 503 g/mol. The van der Waals surface area contributed by atoms with Crippen molar-refractivity contribution in [3.8, 4) is 0 Å². The van der Waals surface area contributed by atoms with Crippen molar-refractivity contribution in [1.29, 1.82) is 0 Å². The first-order valence-electron chi connectivity index (χ1n) is 10.1. The van der Waals surface area contributed by atoms with E-state index in [4.69, 9.17) is 4.74 Å². The summed E-state index contributed by atoms with van der Waals surface area (Å²) in [4.78, 5) is 27.8. The number of alkyl halides is 6. The van der Waals surface area contributed by atoms with E-state index in [2.05, 4.69) is 20.4 Å². The SMILES string of the molecule is CC(C)(C)OC(=O)NCCCC(NC(=O)c1cccnc1)C(O)COC(C(F)(F)F)C(F)(F)F. The summed E-state index contributed by atoms with van der Waals surface area (Å²) in [6.07, 6.45) is -15.7. The molecule has 2 atom stereocenters. The number of nitrogens with one attached hydrogen (secondary N) is 2. The van der Waals surface area contributed by atoms with Crippen molar-refractivity contribution < 1.29 is 50.5 Å². The van der Waals surface area contributed by atoms with Crippen molar-refractivity contribution in [3.63, 3.8) is 0 Å². The summed E-state index contributed by atoms with van der Waals surface area (Å²) in [7, 11) is 0. The maximum Gasteiger partial charge on any atom is 0.423 e. The van der Waals surface area contributed by atoms with E-state index in [1.807, 2.05) is 0 Å². The van der Waals surface area contributed by atoms with E-state index in [-0.39, 0.29) is 24.9 Å². The van der Waals surface area contributed by atoms with Crippen LogP contribution in [0.5, 0.6) is 0 Å². The Hall–Kier alpha value is -2.61. The Bertz CT molecular complexity index is 770. The Morgan fingerprint density at radius 2 is 1.74 bits per heavy atom. The lowest BCUT2D eigenvalue weighted by molar-refractivity contribution is -0.325. The molecule has 0 spiro atoms. The molecule has 0 aliphatic heterocycles.